The summed E-state index contributed by atoms with van der Waals surface area (Å²) in [6.07, 6.45) is 2.99. The summed E-state index contributed by atoms with van der Waals surface area (Å²) in [6, 6.07) is 3.14. The summed E-state index contributed by atoms with van der Waals surface area (Å²) in [4.78, 5) is 22.8. The number of carbonyl (C=O) groups is 1. The van der Waals surface area contributed by atoms with Gasteiger partial charge in [-0.15, -0.1) is 0 Å². The molecule has 0 amide bonds. The van der Waals surface area contributed by atoms with Gasteiger partial charge in [-0.1, -0.05) is 13.3 Å². The maximum atomic E-state index is 12.0. The molecule has 2 heterocycles. The van der Waals surface area contributed by atoms with Crippen LogP contribution in [0.1, 0.15) is 44.7 Å². The predicted octanol–water partition coefficient (Wildman–Crippen LogP) is 1.98. The van der Waals surface area contributed by atoms with E-state index in [9.17, 15) is 14.7 Å². The summed E-state index contributed by atoms with van der Waals surface area (Å²) in [6.45, 7) is 5.38. The molecular weight excluding hydrogens is 324 g/mol. The number of aliphatic carboxylic acids is 1. The molecule has 25 heavy (non-hydrogen) atoms. The minimum Gasteiger partial charge on any atom is -0.546 e. The van der Waals surface area contributed by atoms with Gasteiger partial charge in [-0.05, 0) is 38.7 Å². The third kappa shape index (κ3) is 3.48. The van der Waals surface area contributed by atoms with Crippen LogP contribution in [0.2, 0.25) is 0 Å². The first kappa shape index (κ1) is 17.3. The van der Waals surface area contributed by atoms with Crippen LogP contribution in [-0.2, 0) is 17.6 Å². The molecule has 1 aromatic carbocycles. The van der Waals surface area contributed by atoms with Crippen LogP contribution in [0.15, 0.2) is 21.3 Å². The molecule has 2 aromatic rings. The van der Waals surface area contributed by atoms with Crippen LogP contribution in [0.3, 0.4) is 0 Å². The number of carboxylic acid groups (broad SMARTS) is 1. The number of hydrogen-bond donors (Lipinski definition) is 0. The van der Waals surface area contributed by atoms with Crippen molar-refractivity contribution in [1.82, 2.24) is 0 Å². The normalized spacial score (nSPS) is 15.5. The Bertz CT molecular complexity index is 878. The lowest BCUT2D eigenvalue weighted by Gasteiger charge is -2.33. The molecule has 1 aromatic heterocycles. The SMILES string of the molecule is CCCc1cc(=O)oc2c3c(cc(OCC(=O)[O-])c12)OC(C)(C)CC3. The van der Waals surface area contributed by atoms with E-state index in [2.05, 4.69) is 0 Å². The van der Waals surface area contributed by atoms with Gasteiger partial charge < -0.3 is 23.8 Å². The van der Waals surface area contributed by atoms with Crippen molar-refractivity contribution < 1.29 is 23.8 Å². The van der Waals surface area contributed by atoms with E-state index in [0.717, 1.165) is 24.0 Å². The van der Waals surface area contributed by atoms with Crippen LogP contribution in [-0.4, -0.2) is 18.2 Å². The van der Waals surface area contributed by atoms with E-state index < -0.39 is 18.2 Å². The molecule has 0 saturated carbocycles. The highest BCUT2D eigenvalue weighted by atomic mass is 16.5. The van der Waals surface area contributed by atoms with Gasteiger partial charge >= 0.3 is 5.63 Å². The number of ether oxygens (including phenoxy) is 2. The number of carboxylic acids is 1. The molecule has 134 valence electrons. The molecule has 0 bridgehead atoms. The summed E-state index contributed by atoms with van der Waals surface area (Å²) in [5.74, 6) is -0.418. The predicted molar refractivity (Wildman–Crippen MR) is 90.0 cm³/mol. The van der Waals surface area contributed by atoms with E-state index in [1.165, 1.54) is 6.07 Å². The molecule has 0 radical (unpaired) electrons. The fourth-order valence-electron chi connectivity index (χ4n) is 3.23. The Balaban J connectivity index is 2.27. The monoisotopic (exact) mass is 345 g/mol. The van der Waals surface area contributed by atoms with E-state index in [0.29, 0.717) is 35.3 Å². The summed E-state index contributed by atoms with van der Waals surface area (Å²) in [5, 5.41) is 11.5. The second-order valence-electron chi connectivity index (χ2n) is 6.92. The average molecular weight is 345 g/mol. The van der Waals surface area contributed by atoms with Gasteiger partial charge in [0.15, 0.2) is 0 Å². The van der Waals surface area contributed by atoms with Crippen molar-refractivity contribution in [3.8, 4) is 11.5 Å². The first-order valence-corrected chi connectivity index (χ1v) is 8.45. The van der Waals surface area contributed by atoms with Crippen LogP contribution >= 0.6 is 0 Å². The highest BCUT2D eigenvalue weighted by molar-refractivity contribution is 5.91. The summed E-state index contributed by atoms with van der Waals surface area (Å²) in [7, 11) is 0. The molecular formula is C19H21O6-. The lowest BCUT2D eigenvalue weighted by atomic mass is 9.91. The van der Waals surface area contributed by atoms with Crippen molar-refractivity contribution in [1.29, 1.82) is 0 Å². The van der Waals surface area contributed by atoms with E-state index in [-0.39, 0.29) is 5.60 Å². The number of hydrogen-bond acceptors (Lipinski definition) is 6. The van der Waals surface area contributed by atoms with E-state index in [1.54, 1.807) is 6.07 Å². The van der Waals surface area contributed by atoms with E-state index >= 15 is 0 Å². The van der Waals surface area contributed by atoms with Gasteiger partial charge in [-0.3, -0.25) is 0 Å². The summed E-state index contributed by atoms with van der Waals surface area (Å²) in [5.41, 5.74) is 1.26. The molecule has 3 rings (SSSR count). The zero-order valence-corrected chi connectivity index (χ0v) is 14.6. The van der Waals surface area contributed by atoms with Crippen LogP contribution in [0.4, 0.5) is 0 Å². The third-order valence-corrected chi connectivity index (χ3v) is 4.35. The van der Waals surface area contributed by atoms with Crippen molar-refractivity contribution >= 4 is 16.9 Å². The summed E-state index contributed by atoms with van der Waals surface area (Å²) >= 11 is 0. The molecule has 0 saturated heterocycles. The highest BCUT2D eigenvalue weighted by Gasteiger charge is 2.30. The molecule has 6 nitrogen and oxygen atoms in total. The summed E-state index contributed by atoms with van der Waals surface area (Å²) < 4.78 is 16.9. The van der Waals surface area contributed by atoms with Crippen molar-refractivity contribution in [2.45, 2.75) is 52.1 Å². The number of benzene rings is 1. The van der Waals surface area contributed by atoms with Gasteiger partial charge in [0.1, 0.15) is 29.3 Å². The van der Waals surface area contributed by atoms with Crippen molar-refractivity contribution in [2.24, 2.45) is 0 Å². The molecule has 1 aliphatic rings. The number of aryl methyl sites for hydroxylation is 2. The van der Waals surface area contributed by atoms with Gasteiger partial charge in [0.05, 0.1) is 11.4 Å². The Morgan fingerprint density at radius 2 is 2.12 bits per heavy atom. The maximum absolute atomic E-state index is 12.0. The van der Waals surface area contributed by atoms with E-state index in [4.69, 9.17) is 13.9 Å². The van der Waals surface area contributed by atoms with Gasteiger partial charge in [-0.2, -0.15) is 0 Å². The van der Waals surface area contributed by atoms with Gasteiger partial charge in [0.2, 0.25) is 0 Å². The fraction of sp³-hybridized carbons (Fsp3) is 0.474. The Kier molecular flexibility index (Phi) is 4.45. The Hall–Kier alpha value is -2.50. The number of carbonyl (C=O) groups excluding carboxylic acids is 1. The molecule has 1 aliphatic heterocycles. The van der Waals surface area contributed by atoms with Crippen molar-refractivity contribution in [3.05, 3.63) is 33.7 Å². The highest BCUT2D eigenvalue weighted by Crippen LogP contribution is 2.42. The van der Waals surface area contributed by atoms with Crippen LogP contribution in [0.5, 0.6) is 11.5 Å². The van der Waals surface area contributed by atoms with E-state index in [1.807, 2.05) is 20.8 Å². The maximum Gasteiger partial charge on any atom is 0.336 e. The van der Waals surface area contributed by atoms with Gasteiger partial charge in [0, 0.05) is 17.7 Å². The van der Waals surface area contributed by atoms with Crippen LogP contribution in [0.25, 0.3) is 11.0 Å². The largest absolute Gasteiger partial charge is 0.546 e. The van der Waals surface area contributed by atoms with Crippen LogP contribution in [0, 0.1) is 0 Å². The molecule has 0 atom stereocenters. The third-order valence-electron chi connectivity index (χ3n) is 4.35. The zero-order valence-electron chi connectivity index (χ0n) is 14.6. The Labute approximate surface area is 145 Å². The number of fused-ring (bicyclic) bond motifs is 3. The van der Waals surface area contributed by atoms with Gasteiger partial charge in [0.25, 0.3) is 0 Å². The number of rotatable bonds is 5. The van der Waals surface area contributed by atoms with Crippen molar-refractivity contribution in [2.75, 3.05) is 6.61 Å². The first-order valence-electron chi connectivity index (χ1n) is 8.45. The Morgan fingerprint density at radius 1 is 1.36 bits per heavy atom. The zero-order chi connectivity index (χ0) is 18.2. The smallest absolute Gasteiger partial charge is 0.336 e. The molecule has 0 unspecified atom stereocenters. The lowest BCUT2D eigenvalue weighted by Crippen LogP contribution is -2.33. The van der Waals surface area contributed by atoms with Crippen molar-refractivity contribution in [3.63, 3.8) is 0 Å². The molecule has 0 N–H and O–H groups in total. The quantitative estimate of drug-likeness (QED) is 0.770. The molecule has 0 aliphatic carbocycles. The standard InChI is InChI=1S/C19H22O6/c1-4-5-11-8-16(22)24-18-12-6-7-19(2,3)25-13(12)9-14(17(11)18)23-10-15(20)21/h8-9H,4-7,10H2,1-3H3,(H,20,21)/p-1. The second kappa shape index (κ2) is 6.43. The Morgan fingerprint density at radius 3 is 2.80 bits per heavy atom. The molecule has 6 heteroatoms. The average Bonchev–Trinajstić information content (AvgIpc) is 2.51. The molecule has 0 fully saturated rings. The first-order chi connectivity index (χ1) is 11.8. The molecule has 0 spiro atoms. The van der Waals surface area contributed by atoms with Gasteiger partial charge in [-0.25, -0.2) is 4.79 Å². The van der Waals surface area contributed by atoms with Crippen LogP contribution < -0.4 is 20.2 Å². The lowest BCUT2D eigenvalue weighted by molar-refractivity contribution is -0.307. The fourth-order valence-corrected chi connectivity index (χ4v) is 3.23. The minimum absolute atomic E-state index is 0.336. The topological polar surface area (TPSA) is 88.8 Å². The second-order valence-corrected chi connectivity index (χ2v) is 6.92. The minimum atomic E-state index is -1.32.